The Morgan fingerprint density at radius 2 is 1.75 bits per heavy atom. The smallest absolute Gasteiger partial charge is 0.408 e. The fraction of sp³-hybridized carbons (Fsp3) is 0.562. The minimum atomic E-state index is -3.67. The van der Waals surface area contributed by atoms with Gasteiger partial charge in [0.05, 0.1) is 12.3 Å². The number of benzene rings is 1. The zero-order valence-corrected chi connectivity index (χ0v) is 15.3. The molecule has 1 amide bonds. The molecule has 7 nitrogen and oxygen atoms in total. The number of amides is 1. The number of carbonyl (C=O) groups excluding carboxylic acids is 1. The molecule has 0 heterocycles. The fourth-order valence-corrected chi connectivity index (χ4v) is 1.75. The van der Waals surface area contributed by atoms with E-state index in [1.54, 1.807) is 0 Å². The second-order valence-electron chi connectivity index (χ2n) is 6.21. The summed E-state index contributed by atoms with van der Waals surface area (Å²) in [5, 5.41) is 11.8. The third kappa shape index (κ3) is 14.0. The molecule has 1 atom stereocenters. The van der Waals surface area contributed by atoms with Gasteiger partial charge in [0, 0.05) is 6.61 Å². The molecule has 1 aromatic rings. The lowest BCUT2D eigenvalue weighted by Gasteiger charge is -2.24. The lowest BCUT2D eigenvalue weighted by atomic mass is 10.0. The SMILES string of the molecule is CC(C)(C)OC(=O)NC(CCCO)c1ccccc1.CS(=O)(=O)O. The van der Waals surface area contributed by atoms with Gasteiger partial charge in [0.2, 0.25) is 0 Å². The highest BCUT2D eigenvalue weighted by molar-refractivity contribution is 7.85. The number of nitrogens with one attached hydrogen (secondary N) is 1. The number of carbonyl (C=O) groups is 1. The highest BCUT2D eigenvalue weighted by Gasteiger charge is 2.20. The van der Waals surface area contributed by atoms with Crippen LogP contribution < -0.4 is 5.32 Å². The van der Waals surface area contributed by atoms with E-state index in [1.807, 2.05) is 51.1 Å². The van der Waals surface area contributed by atoms with Gasteiger partial charge in [0.15, 0.2) is 0 Å². The number of hydrogen-bond donors (Lipinski definition) is 3. The van der Waals surface area contributed by atoms with Crippen molar-refractivity contribution >= 4 is 16.2 Å². The Morgan fingerprint density at radius 3 is 2.17 bits per heavy atom. The monoisotopic (exact) mass is 361 g/mol. The molecule has 0 aliphatic carbocycles. The maximum atomic E-state index is 11.8. The summed E-state index contributed by atoms with van der Waals surface area (Å²) >= 11 is 0. The molecule has 24 heavy (non-hydrogen) atoms. The van der Waals surface area contributed by atoms with E-state index in [-0.39, 0.29) is 12.6 Å². The number of aliphatic hydroxyl groups excluding tert-OH is 1. The van der Waals surface area contributed by atoms with Crippen molar-refractivity contribution in [2.45, 2.75) is 45.3 Å². The highest BCUT2D eigenvalue weighted by atomic mass is 32.2. The molecule has 0 aliphatic heterocycles. The summed E-state index contributed by atoms with van der Waals surface area (Å²) in [6, 6.07) is 9.57. The molecule has 3 N–H and O–H groups in total. The van der Waals surface area contributed by atoms with Gasteiger partial charge >= 0.3 is 6.09 Å². The number of ether oxygens (including phenoxy) is 1. The van der Waals surface area contributed by atoms with Crippen molar-refractivity contribution in [1.29, 1.82) is 0 Å². The normalized spacial score (nSPS) is 12.6. The van der Waals surface area contributed by atoms with Gasteiger partial charge < -0.3 is 15.2 Å². The average Bonchev–Trinajstić information content (AvgIpc) is 2.40. The molecular formula is C16H27NO6S. The Labute approximate surface area is 143 Å². The Balaban J connectivity index is 0.000000922. The van der Waals surface area contributed by atoms with E-state index in [0.29, 0.717) is 19.1 Å². The second kappa shape index (κ2) is 10.3. The molecule has 0 fully saturated rings. The number of hydrogen-bond acceptors (Lipinski definition) is 5. The molecule has 0 saturated heterocycles. The largest absolute Gasteiger partial charge is 0.444 e. The quantitative estimate of drug-likeness (QED) is 0.695. The van der Waals surface area contributed by atoms with Crippen LogP contribution in [0.1, 0.15) is 45.2 Å². The molecule has 0 aliphatic rings. The van der Waals surface area contributed by atoms with Crippen LogP contribution in [0.3, 0.4) is 0 Å². The number of rotatable bonds is 5. The molecule has 0 saturated carbocycles. The minimum absolute atomic E-state index is 0.110. The van der Waals surface area contributed by atoms with Crippen molar-refractivity contribution in [1.82, 2.24) is 5.32 Å². The summed E-state index contributed by atoms with van der Waals surface area (Å²) < 4.78 is 31.1. The van der Waals surface area contributed by atoms with Gasteiger partial charge in [-0.25, -0.2) is 4.79 Å². The van der Waals surface area contributed by atoms with Crippen LogP contribution in [0.4, 0.5) is 4.79 Å². The topological polar surface area (TPSA) is 113 Å². The average molecular weight is 361 g/mol. The number of alkyl carbamates (subject to hydrolysis) is 1. The van der Waals surface area contributed by atoms with E-state index in [4.69, 9.17) is 14.4 Å². The summed E-state index contributed by atoms with van der Waals surface area (Å²) in [4.78, 5) is 11.8. The van der Waals surface area contributed by atoms with Crippen LogP contribution in [-0.2, 0) is 14.9 Å². The zero-order chi connectivity index (χ0) is 18.8. The Hall–Kier alpha value is -1.64. The van der Waals surface area contributed by atoms with Crippen LogP contribution in [-0.4, -0.2) is 42.6 Å². The predicted molar refractivity (Wildman–Crippen MR) is 92.3 cm³/mol. The van der Waals surface area contributed by atoms with Gasteiger partial charge in [-0.1, -0.05) is 30.3 Å². The van der Waals surface area contributed by atoms with Crippen molar-refractivity contribution in [2.24, 2.45) is 0 Å². The summed E-state index contributed by atoms with van der Waals surface area (Å²) in [7, 11) is -3.67. The summed E-state index contributed by atoms with van der Waals surface area (Å²) in [5.74, 6) is 0. The van der Waals surface area contributed by atoms with Crippen molar-refractivity contribution < 1.29 is 27.6 Å². The van der Waals surface area contributed by atoms with Crippen LogP contribution in [0, 0.1) is 0 Å². The van der Waals surface area contributed by atoms with E-state index >= 15 is 0 Å². The van der Waals surface area contributed by atoms with E-state index in [0.717, 1.165) is 5.56 Å². The molecule has 0 radical (unpaired) electrons. The maximum absolute atomic E-state index is 11.8. The van der Waals surface area contributed by atoms with Crippen LogP contribution in [0.5, 0.6) is 0 Å². The first-order valence-electron chi connectivity index (χ1n) is 7.50. The van der Waals surface area contributed by atoms with Crippen LogP contribution in [0.2, 0.25) is 0 Å². The van der Waals surface area contributed by atoms with Gasteiger partial charge in [-0.3, -0.25) is 4.55 Å². The Bertz CT molecular complexity index is 572. The molecule has 8 heteroatoms. The van der Waals surface area contributed by atoms with E-state index < -0.39 is 21.8 Å². The van der Waals surface area contributed by atoms with Crippen LogP contribution in [0.25, 0.3) is 0 Å². The fourth-order valence-electron chi connectivity index (χ4n) is 1.75. The lowest BCUT2D eigenvalue weighted by Crippen LogP contribution is -2.35. The molecule has 1 unspecified atom stereocenters. The predicted octanol–water partition coefficient (Wildman–Crippen LogP) is 2.53. The van der Waals surface area contributed by atoms with Gasteiger partial charge in [0.25, 0.3) is 10.1 Å². The van der Waals surface area contributed by atoms with E-state index in [9.17, 15) is 13.2 Å². The van der Waals surface area contributed by atoms with Gasteiger partial charge in [-0.15, -0.1) is 0 Å². The summed E-state index contributed by atoms with van der Waals surface area (Å²) in [6.45, 7) is 5.60. The number of aliphatic hydroxyl groups is 1. The van der Waals surface area contributed by atoms with E-state index in [1.165, 1.54) is 0 Å². The first-order chi connectivity index (χ1) is 10.9. The van der Waals surface area contributed by atoms with Crippen LogP contribution in [0.15, 0.2) is 30.3 Å². The zero-order valence-electron chi connectivity index (χ0n) is 14.5. The van der Waals surface area contributed by atoms with Gasteiger partial charge in [-0.05, 0) is 39.2 Å². The molecule has 1 aromatic carbocycles. The maximum Gasteiger partial charge on any atom is 0.408 e. The van der Waals surface area contributed by atoms with Gasteiger partial charge in [0.1, 0.15) is 5.60 Å². The van der Waals surface area contributed by atoms with Crippen molar-refractivity contribution in [3.8, 4) is 0 Å². The van der Waals surface area contributed by atoms with Crippen LogP contribution >= 0.6 is 0 Å². The molecular weight excluding hydrogens is 334 g/mol. The first-order valence-corrected chi connectivity index (χ1v) is 9.35. The van der Waals surface area contributed by atoms with Gasteiger partial charge in [-0.2, -0.15) is 8.42 Å². The second-order valence-corrected chi connectivity index (χ2v) is 7.67. The first kappa shape index (κ1) is 22.4. The molecule has 0 bridgehead atoms. The molecule has 0 spiro atoms. The molecule has 1 rings (SSSR count). The summed E-state index contributed by atoms with van der Waals surface area (Å²) in [5.41, 5.74) is 0.504. The van der Waals surface area contributed by atoms with E-state index in [2.05, 4.69) is 5.32 Å². The third-order valence-corrected chi connectivity index (χ3v) is 2.54. The molecule has 138 valence electrons. The lowest BCUT2D eigenvalue weighted by molar-refractivity contribution is 0.0498. The minimum Gasteiger partial charge on any atom is -0.444 e. The Morgan fingerprint density at radius 1 is 1.25 bits per heavy atom. The highest BCUT2D eigenvalue weighted by Crippen LogP contribution is 2.19. The third-order valence-electron chi connectivity index (χ3n) is 2.54. The molecule has 0 aromatic heterocycles. The Kier molecular flexibility index (Phi) is 9.57. The van der Waals surface area contributed by atoms with Crippen molar-refractivity contribution in [3.63, 3.8) is 0 Å². The summed E-state index contributed by atoms with van der Waals surface area (Å²) in [6.07, 6.45) is 1.60. The standard InChI is InChI=1S/C15H23NO3.CH4O3S/c1-15(2,3)19-14(18)16-13(10-7-11-17)12-8-5-4-6-9-12;1-5(2,3)4/h4-6,8-9,13,17H,7,10-11H2,1-3H3,(H,16,18);1H3,(H,2,3,4). The van der Waals surface area contributed by atoms with Crippen molar-refractivity contribution in [3.05, 3.63) is 35.9 Å². The van der Waals surface area contributed by atoms with Crippen molar-refractivity contribution in [2.75, 3.05) is 12.9 Å².